The normalized spacial score (nSPS) is 9.07. The maximum absolute atomic E-state index is 10.3. The molecule has 2 N–H and O–H groups in total. The molecule has 0 atom stereocenters. The summed E-state index contributed by atoms with van der Waals surface area (Å²) in [6.45, 7) is 0.408. The molecule has 0 saturated heterocycles. The second kappa shape index (κ2) is 5.90. The Hall–Kier alpha value is -1.71. The van der Waals surface area contributed by atoms with E-state index in [0.717, 1.165) is 11.4 Å². The van der Waals surface area contributed by atoms with Crippen LogP contribution >= 0.6 is 12.2 Å². The van der Waals surface area contributed by atoms with Crippen LogP contribution in [0.15, 0.2) is 29.3 Å². The van der Waals surface area contributed by atoms with E-state index in [1.165, 1.54) is 0 Å². The van der Waals surface area contributed by atoms with Crippen LogP contribution in [-0.4, -0.2) is 22.8 Å². The lowest BCUT2D eigenvalue weighted by atomic mass is 10.3. The number of carboxylic acids is 1. The summed E-state index contributed by atoms with van der Waals surface area (Å²) in [5.41, 5.74) is 1.59. The fraction of sp³-hybridized carbons (Fsp3) is 0.200. The van der Waals surface area contributed by atoms with Crippen molar-refractivity contribution < 1.29 is 9.90 Å². The molecule has 0 unspecified atom stereocenters. The van der Waals surface area contributed by atoms with Crippen molar-refractivity contribution in [3.05, 3.63) is 24.3 Å². The molecule has 0 aliphatic heterocycles. The highest BCUT2D eigenvalue weighted by molar-refractivity contribution is 7.78. The van der Waals surface area contributed by atoms with E-state index in [1.54, 1.807) is 12.1 Å². The second-order valence-electron chi connectivity index (χ2n) is 2.82. The summed E-state index contributed by atoms with van der Waals surface area (Å²) in [5, 5.41) is 13.7. The first-order valence-corrected chi connectivity index (χ1v) is 4.77. The molecule has 0 radical (unpaired) electrons. The van der Waals surface area contributed by atoms with Crippen molar-refractivity contribution in [2.24, 2.45) is 4.99 Å². The van der Waals surface area contributed by atoms with Gasteiger partial charge in [-0.2, -0.15) is 4.99 Å². The topological polar surface area (TPSA) is 61.7 Å². The highest BCUT2D eigenvalue weighted by Gasteiger charge is 1.96. The number of thiocarbonyl (C=S) groups is 1. The number of benzene rings is 1. The molecule has 0 spiro atoms. The summed E-state index contributed by atoms with van der Waals surface area (Å²) in [7, 11) is 0. The van der Waals surface area contributed by atoms with E-state index < -0.39 is 5.97 Å². The molecule has 1 rings (SSSR count). The molecule has 0 aliphatic rings. The molecule has 0 aromatic heterocycles. The van der Waals surface area contributed by atoms with E-state index in [4.69, 9.17) is 5.11 Å². The Morgan fingerprint density at radius 2 is 2.13 bits per heavy atom. The third-order valence-electron chi connectivity index (χ3n) is 1.71. The van der Waals surface area contributed by atoms with E-state index in [9.17, 15) is 4.79 Å². The van der Waals surface area contributed by atoms with Crippen molar-refractivity contribution in [2.45, 2.75) is 6.42 Å². The van der Waals surface area contributed by atoms with Crippen molar-refractivity contribution in [3.63, 3.8) is 0 Å². The van der Waals surface area contributed by atoms with Crippen molar-refractivity contribution in [2.75, 3.05) is 11.9 Å². The number of aliphatic imine (C=N–C) groups is 1. The molecular weight excluding hydrogens is 212 g/mol. The fourth-order valence-electron chi connectivity index (χ4n) is 1.02. The molecule has 5 heteroatoms. The number of aliphatic carboxylic acids is 1. The first-order chi connectivity index (χ1) is 7.22. The number of carboxylic acid groups (broad SMARTS) is 1. The third-order valence-corrected chi connectivity index (χ3v) is 1.80. The summed E-state index contributed by atoms with van der Waals surface area (Å²) >= 11 is 4.47. The Bertz CT molecular complexity index is 383. The fourth-order valence-corrected chi connectivity index (χ4v) is 1.13. The third kappa shape index (κ3) is 4.35. The van der Waals surface area contributed by atoms with Gasteiger partial charge in [0.05, 0.1) is 17.3 Å². The van der Waals surface area contributed by atoms with Crippen molar-refractivity contribution in [3.8, 4) is 0 Å². The van der Waals surface area contributed by atoms with Crippen LogP contribution in [0.2, 0.25) is 0 Å². The first-order valence-electron chi connectivity index (χ1n) is 4.36. The van der Waals surface area contributed by atoms with Gasteiger partial charge in [0.15, 0.2) is 0 Å². The van der Waals surface area contributed by atoms with E-state index in [2.05, 4.69) is 27.7 Å². The number of nitrogens with one attached hydrogen (secondary N) is 1. The Morgan fingerprint density at radius 1 is 1.47 bits per heavy atom. The summed E-state index contributed by atoms with van der Waals surface area (Å²) in [4.78, 5) is 14.1. The second-order valence-corrected chi connectivity index (χ2v) is 3.00. The smallest absolute Gasteiger partial charge is 0.305 e. The molecule has 15 heavy (non-hydrogen) atoms. The van der Waals surface area contributed by atoms with Gasteiger partial charge in [0, 0.05) is 12.2 Å². The van der Waals surface area contributed by atoms with Gasteiger partial charge in [0.25, 0.3) is 0 Å². The minimum atomic E-state index is -0.815. The van der Waals surface area contributed by atoms with Crippen molar-refractivity contribution in [1.82, 2.24) is 0 Å². The molecule has 78 valence electrons. The van der Waals surface area contributed by atoms with Gasteiger partial charge in [-0.05, 0) is 36.5 Å². The average molecular weight is 222 g/mol. The number of rotatable bonds is 5. The van der Waals surface area contributed by atoms with Gasteiger partial charge in [-0.3, -0.25) is 4.79 Å². The van der Waals surface area contributed by atoms with E-state index in [-0.39, 0.29) is 6.42 Å². The SMILES string of the molecule is O=C(O)CCNc1ccc(N=C=S)cc1. The largest absolute Gasteiger partial charge is 0.481 e. The molecule has 0 saturated carbocycles. The summed E-state index contributed by atoms with van der Waals surface area (Å²) in [5.74, 6) is -0.815. The minimum Gasteiger partial charge on any atom is -0.481 e. The van der Waals surface area contributed by atoms with Gasteiger partial charge in [0.1, 0.15) is 0 Å². The highest BCUT2D eigenvalue weighted by atomic mass is 32.1. The van der Waals surface area contributed by atoms with Crippen LogP contribution in [0.5, 0.6) is 0 Å². The lowest BCUT2D eigenvalue weighted by molar-refractivity contribution is -0.136. The summed E-state index contributed by atoms with van der Waals surface area (Å²) < 4.78 is 0. The molecule has 0 amide bonds. The maximum Gasteiger partial charge on any atom is 0.305 e. The van der Waals surface area contributed by atoms with Crippen LogP contribution in [0.25, 0.3) is 0 Å². The Labute approximate surface area is 92.7 Å². The quantitative estimate of drug-likeness (QED) is 0.592. The monoisotopic (exact) mass is 222 g/mol. The molecule has 1 aromatic carbocycles. The van der Waals surface area contributed by atoms with E-state index in [0.29, 0.717) is 6.54 Å². The lowest BCUT2D eigenvalue weighted by Crippen LogP contribution is -2.07. The number of anilines is 1. The molecular formula is C10H10N2O2S. The predicted molar refractivity (Wildman–Crippen MR) is 61.9 cm³/mol. The zero-order valence-corrected chi connectivity index (χ0v) is 8.75. The van der Waals surface area contributed by atoms with Crippen LogP contribution < -0.4 is 5.32 Å². The highest BCUT2D eigenvalue weighted by Crippen LogP contribution is 2.15. The van der Waals surface area contributed by atoms with Crippen LogP contribution in [-0.2, 0) is 4.79 Å². The average Bonchev–Trinajstić information content (AvgIpc) is 2.20. The van der Waals surface area contributed by atoms with Crippen LogP contribution in [0.1, 0.15) is 6.42 Å². The van der Waals surface area contributed by atoms with Gasteiger partial charge >= 0.3 is 5.97 Å². The predicted octanol–water partition coefficient (Wildman–Crippen LogP) is 2.31. The van der Waals surface area contributed by atoms with Crippen molar-refractivity contribution >= 4 is 34.7 Å². The van der Waals surface area contributed by atoms with Crippen LogP contribution in [0.4, 0.5) is 11.4 Å². The summed E-state index contributed by atoms with van der Waals surface area (Å²) in [6, 6.07) is 7.19. The molecule has 0 heterocycles. The molecule has 4 nitrogen and oxygen atoms in total. The molecule has 0 fully saturated rings. The van der Waals surface area contributed by atoms with Gasteiger partial charge in [-0.25, -0.2) is 0 Å². The summed E-state index contributed by atoms with van der Waals surface area (Å²) in [6.07, 6.45) is 0.0971. The van der Waals surface area contributed by atoms with Crippen LogP contribution in [0.3, 0.4) is 0 Å². The molecule has 1 aromatic rings. The van der Waals surface area contributed by atoms with Gasteiger partial charge in [-0.1, -0.05) is 0 Å². The molecule has 0 aliphatic carbocycles. The lowest BCUT2D eigenvalue weighted by Gasteiger charge is -2.03. The number of isothiocyanates is 1. The van der Waals surface area contributed by atoms with Gasteiger partial charge in [-0.15, -0.1) is 0 Å². The zero-order valence-electron chi connectivity index (χ0n) is 7.93. The minimum absolute atomic E-state index is 0.0971. The number of hydrogen-bond acceptors (Lipinski definition) is 4. The number of carbonyl (C=O) groups is 1. The Morgan fingerprint density at radius 3 is 2.67 bits per heavy atom. The van der Waals surface area contributed by atoms with Crippen LogP contribution in [0, 0.1) is 0 Å². The van der Waals surface area contributed by atoms with E-state index in [1.807, 2.05) is 12.1 Å². The standard InChI is InChI=1S/C10H10N2O2S/c13-10(14)5-6-11-8-1-3-9(4-2-8)12-7-15/h1-4,11H,5-6H2,(H,13,14). The van der Waals surface area contributed by atoms with Gasteiger partial charge in [0.2, 0.25) is 0 Å². The number of nitrogens with zero attached hydrogens (tertiary/aromatic N) is 1. The van der Waals surface area contributed by atoms with Crippen molar-refractivity contribution in [1.29, 1.82) is 0 Å². The van der Waals surface area contributed by atoms with Gasteiger partial charge < -0.3 is 10.4 Å². The maximum atomic E-state index is 10.3. The molecule has 0 bridgehead atoms. The first kappa shape index (κ1) is 11.4. The van der Waals surface area contributed by atoms with E-state index >= 15 is 0 Å². The Kier molecular flexibility index (Phi) is 4.47. The number of hydrogen-bond donors (Lipinski definition) is 2. The zero-order chi connectivity index (χ0) is 11.1. The Balaban J connectivity index is 2.49.